The first-order chi connectivity index (χ1) is 12.0. The lowest BCUT2D eigenvalue weighted by Crippen LogP contribution is -2.24. The van der Waals surface area contributed by atoms with Gasteiger partial charge in [-0.2, -0.15) is 4.98 Å². The molecule has 6 nitrogen and oxygen atoms in total. The molecule has 0 radical (unpaired) electrons. The lowest BCUT2D eigenvalue weighted by molar-refractivity contribution is 0.0942. The maximum atomic E-state index is 12.4. The third-order valence-electron chi connectivity index (χ3n) is 3.28. The molecule has 0 aliphatic carbocycles. The molecule has 2 aromatic heterocycles. The summed E-state index contributed by atoms with van der Waals surface area (Å²) in [6, 6.07) is 8.42. The van der Waals surface area contributed by atoms with Gasteiger partial charge in [0.15, 0.2) is 11.5 Å². The minimum atomic E-state index is -0.681. The quantitative estimate of drug-likeness (QED) is 0.623. The van der Waals surface area contributed by atoms with Crippen LogP contribution in [0.15, 0.2) is 35.7 Å². The number of thiophene rings is 1. The Hall–Kier alpha value is -2.35. The molecule has 0 unspecified atom stereocenters. The van der Waals surface area contributed by atoms with E-state index in [9.17, 15) is 15.0 Å². The van der Waals surface area contributed by atoms with Crippen LogP contribution in [0.5, 0.6) is 11.6 Å². The Morgan fingerprint density at radius 3 is 2.68 bits per heavy atom. The molecule has 0 aliphatic rings. The van der Waals surface area contributed by atoms with Gasteiger partial charge >= 0.3 is 0 Å². The maximum absolute atomic E-state index is 12.4. The molecule has 3 aromatic rings. The van der Waals surface area contributed by atoms with Crippen LogP contribution in [0.4, 0.5) is 0 Å². The number of hydrogen-bond acceptors (Lipinski definition) is 6. The standard InChI is InChI=1S/C16H11Cl2N3O3S/c17-9-4-3-8(10(18)6-9)7-19-15(23)12-13(22)16(24)21-14(20-12)11-2-1-5-25-11/h1-6,22H,7H2,(H,19,23)(H,20,21,24). The van der Waals surface area contributed by atoms with Gasteiger partial charge in [0.1, 0.15) is 0 Å². The fraction of sp³-hybridized carbons (Fsp3) is 0.0625. The summed E-state index contributed by atoms with van der Waals surface area (Å²) in [5.74, 6) is -1.85. The second kappa shape index (κ2) is 7.26. The number of benzene rings is 1. The van der Waals surface area contributed by atoms with Crippen molar-refractivity contribution in [2.24, 2.45) is 0 Å². The summed E-state index contributed by atoms with van der Waals surface area (Å²) in [6.45, 7) is 0.105. The number of aromatic hydroxyl groups is 2. The van der Waals surface area contributed by atoms with Crippen LogP contribution >= 0.6 is 34.5 Å². The minimum absolute atomic E-state index is 0.105. The van der Waals surface area contributed by atoms with E-state index in [1.165, 1.54) is 11.3 Å². The van der Waals surface area contributed by atoms with E-state index in [-0.39, 0.29) is 18.1 Å². The molecule has 0 aliphatic heterocycles. The summed E-state index contributed by atoms with van der Waals surface area (Å²) in [5.41, 5.74) is 0.330. The summed E-state index contributed by atoms with van der Waals surface area (Å²) in [7, 11) is 0. The Balaban J connectivity index is 1.84. The van der Waals surface area contributed by atoms with Gasteiger partial charge in [-0.1, -0.05) is 35.3 Å². The van der Waals surface area contributed by atoms with Crippen LogP contribution in [0.25, 0.3) is 10.7 Å². The van der Waals surface area contributed by atoms with Crippen LogP contribution in [0.2, 0.25) is 10.0 Å². The van der Waals surface area contributed by atoms with Crippen molar-refractivity contribution in [2.45, 2.75) is 6.54 Å². The lowest BCUT2D eigenvalue weighted by atomic mass is 10.2. The van der Waals surface area contributed by atoms with Gasteiger partial charge in [0.2, 0.25) is 5.75 Å². The van der Waals surface area contributed by atoms with Crippen molar-refractivity contribution in [2.75, 3.05) is 0 Å². The molecule has 128 valence electrons. The molecule has 0 bridgehead atoms. The first kappa shape index (κ1) is 17.5. The van der Waals surface area contributed by atoms with Crippen LogP contribution in [-0.4, -0.2) is 26.1 Å². The van der Waals surface area contributed by atoms with E-state index in [1.54, 1.807) is 30.3 Å². The van der Waals surface area contributed by atoms with E-state index in [0.717, 1.165) is 0 Å². The number of hydrogen-bond donors (Lipinski definition) is 3. The summed E-state index contributed by atoms with van der Waals surface area (Å²) in [5, 5.41) is 25.0. The normalized spacial score (nSPS) is 10.6. The number of amides is 1. The average molecular weight is 396 g/mol. The van der Waals surface area contributed by atoms with E-state index in [4.69, 9.17) is 23.2 Å². The molecule has 25 heavy (non-hydrogen) atoms. The van der Waals surface area contributed by atoms with Crippen molar-refractivity contribution >= 4 is 40.4 Å². The van der Waals surface area contributed by atoms with Crippen LogP contribution in [0, 0.1) is 0 Å². The first-order valence-corrected chi connectivity index (χ1v) is 8.65. The molecule has 0 fully saturated rings. The SMILES string of the molecule is O=C(NCc1ccc(Cl)cc1Cl)c1nc(-c2cccs2)nc(O)c1O. The second-order valence-corrected chi connectivity index (χ2v) is 6.76. The smallest absolute Gasteiger partial charge is 0.274 e. The monoisotopic (exact) mass is 395 g/mol. The highest BCUT2D eigenvalue weighted by Crippen LogP contribution is 2.30. The van der Waals surface area contributed by atoms with Crippen molar-refractivity contribution in [1.29, 1.82) is 0 Å². The zero-order chi connectivity index (χ0) is 18.0. The van der Waals surface area contributed by atoms with Crippen LogP contribution in [-0.2, 0) is 6.54 Å². The summed E-state index contributed by atoms with van der Waals surface area (Å²) < 4.78 is 0. The zero-order valence-electron chi connectivity index (χ0n) is 12.5. The predicted molar refractivity (Wildman–Crippen MR) is 96.3 cm³/mol. The van der Waals surface area contributed by atoms with E-state index in [2.05, 4.69) is 15.3 Å². The number of aromatic nitrogens is 2. The minimum Gasteiger partial charge on any atom is -0.501 e. The Kier molecular flexibility index (Phi) is 5.08. The van der Waals surface area contributed by atoms with E-state index < -0.39 is 17.5 Å². The molecule has 1 aromatic carbocycles. The van der Waals surface area contributed by atoms with Crippen LogP contribution in [0.3, 0.4) is 0 Å². The molecule has 3 N–H and O–H groups in total. The van der Waals surface area contributed by atoms with E-state index >= 15 is 0 Å². The van der Waals surface area contributed by atoms with Crippen LogP contribution < -0.4 is 5.32 Å². The summed E-state index contributed by atoms with van der Waals surface area (Å²) in [6.07, 6.45) is 0. The molecule has 0 spiro atoms. The Labute approximate surface area is 156 Å². The molecular formula is C16H11Cl2N3O3S. The van der Waals surface area contributed by atoms with Crippen LogP contribution in [0.1, 0.15) is 16.1 Å². The van der Waals surface area contributed by atoms with Crippen molar-refractivity contribution in [3.05, 3.63) is 57.0 Å². The Bertz CT molecular complexity index is 933. The van der Waals surface area contributed by atoms with E-state index in [1.807, 2.05) is 5.38 Å². The largest absolute Gasteiger partial charge is 0.501 e. The zero-order valence-corrected chi connectivity index (χ0v) is 14.9. The highest BCUT2D eigenvalue weighted by molar-refractivity contribution is 7.13. The van der Waals surface area contributed by atoms with Gasteiger partial charge in [-0.25, -0.2) is 4.98 Å². The fourth-order valence-electron chi connectivity index (χ4n) is 2.04. The molecule has 0 saturated heterocycles. The Morgan fingerprint density at radius 2 is 2.00 bits per heavy atom. The van der Waals surface area contributed by atoms with Gasteiger partial charge in [0.05, 0.1) is 4.88 Å². The molecule has 0 saturated carbocycles. The van der Waals surface area contributed by atoms with Gasteiger partial charge in [0.25, 0.3) is 11.8 Å². The van der Waals surface area contributed by atoms with Gasteiger partial charge in [-0.15, -0.1) is 11.3 Å². The number of nitrogens with zero attached hydrogens (tertiary/aromatic N) is 2. The number of rotatable bonds is 4. The highest BCUT2D eigenvalue weighted by Gasteiger charge is 2.20. The third kappa shape index (κ3) is 3.84. The first-order valence-electron chi connectivity index (χ1n) is 7.01. The highest BCUT2D eigenvalue weighted by atomic mass is 35.5. The number of halogens is 2. The summed E-state index contributed by atoms with van der Waals surface area (Å²) in [4.78, 5) is 20.8. The van der Waals surface area contributed by atoms with E-state index in [0.29, 0.717) is 20.5 Å². The lowest BCUT2D eigenvalue weighted by Gasteiger charge is -2.09. The number of nitrogens with one attached hydrogen (secondary N) is 1. The average Bonchev–Trinajstić information content (AvgIpc) is 3.10. The Morgan fingerprint density at radius 1 is 1.20 bits per heavy atom. The van der Waals surface area contributed by atoms with Gasteiger partial charge in [0, 0.05) is 16.6 Å². The van der Waals surface area contributed by atoms with Gasteiger partial charge in [-0.05, 0) is 29.1 Å². The van der Waals surface area contributed by atoms with Crippen molar-refractivity contribution < 1.29 is 15.0 Å². The second-order valence-electron chi connectivity index (χ2n) is 4.96. The number of carbonyl (C=O) groups is 1. The topological polar surface area (TPSA) is 95.3 Å². The molecule has 2 heterocycles. The third-order valence-corrected chi connectivity index (χ3v) is 4.73. The number of carbonyl (C=O) groups excluding carboxylic acids is 1. The summed E-state index contributed by atoms with van der Waals surface area (Å²) >= 11 is 13.2. The maximum Gasteiger partial charge on any atom is 0.274 e. The molecule has 1 amide bonds. The molecule has 0 atom stereocenters. The fourth-order valence-corrected chi connectivity index (χ4v) is 3.17. The van der Waals surface area contributed by atoms with Crippen molar-refractivity contribution in [3.63, 3.8) is 0 Å². The molecule has 9 heteroatoms. The van der Waals surface area contributed by atoms with Gasteiger partial charge in [-0.3, -0.25) is 4.79 Å². The van der Waals surface area contributed by atoms with Gasteiger partial charge < -0.3 is 15.5 Å². The van der Waals surface area contributed by atoms with Crippen molar-refractivity contribution in [3.8, 4) is 22.3 Å². The predicted octanol–water partition coefficient (Wildman–Crippen LogP) is 3.85. The molecule has 3 rings (SSSR count). The molecular weight excluding hydrogens is 385 g/mol. The van der Waals surface area contributed by atoms with Crippen molar-refractivity contribution in [1.82, 2.24) is 15.3 Å².